The summed E-state index contributed by atoms with van der Waals surface area (Å²) in [6.07, 6.45) is 5.72. The average Bonchev–Trinajstić information content (AvgIpc) is 3.01. The first kappa shape index (κ1) is 21.7. The lowest BCUT2D eigenvalue weighted by Crippen LogP contribution is -2.39. The van der Waals surface area contributed by atoms with E-state index in [1.54, 1.807) is 11.1 Å². The van der Waals surface area contributed by atoms with E-state index < -0.39 is 5.60 Å². The van der Waals surface area contributed by atoms with Crippen molar-refractivity contribution >= 4 is 11.9 Å². The fraction of sp³-hybridized carbons (Fsp3) is 0.727. The van der Waals surface area contributed by atoms with Crippen LogP contribution in [0.2, 0.25) is 0 Å². The van der Waals surface area contributed by atoms with Gasteiger partial charge in [0.05, 0.1) is 0 Å². The van der Waals surface area contributed by atoms with Crippen LogP contribution in [0.5, 0.6) is 0 Å². The number of anilines is 1. The van der Waals surface area contributed by atoms with E-state index in [9.17, 15) is 4.79 Å². The molecule has 0 N–H and O–H groups in total. The van der Waals surface area contributed by atoms with Crippen molar-refractivity contribution in [2.24, 2.45) is 5.92 Å². The number of amides is 1. The third-order valence-electron chi connectivity index (χ3n) is 4.74. The molecular weight excluding hydrogens is 338 g/mol. The Morgan fingerprint density at radius 1 is 1.41 bits per heavy atom. The van der Waals surface area contributed by atoms with Crippen LogP contribution in [0.15, 0.2) is 18.3 Å². The summed E-state index contributed by atoms with van der Waals surface area (Å²) >= 11 is 0. The molecule has 1 atom stereocenters. The van der Waals surface area contributed by atoms with Crippen molar-refractivity contribution in [2.75, 3.05) is 24.5 Å². The molecule has 1 saturated heterocycles. The van der Waals surface area contributed by atoms with Crippen molar-refractivity contribution in [1.82, 2.24) is 9.88 Å². The van der Waals surface area contributed by atoms with Gasteiger partial charge in [-0.3, -0.25) is 9.80 Å². The molecule has 1 aromatic rings. The fourth-order valence-corrected chi connectivity index (χ4v) is 3.68. The Morgan fingerprint density at radius 2 is 2.15 bits per heavy atom. The third-order valence-corrected chi connectivity index (χ3v) is 4.74. The van der Waals surface area contributed by atoms with E-state index in [4.69, 9.17) is 4.74 Å². The van der Waals surface area contributed by atoms with Gasteiger partial charge in [0.1, 0.15) is 11.4 Å². The van der Waals surface area contributed by atoms with Gasteiger partial charge in [-0.25, -0.2) is 9.78 Å². The number of ether oxygens (including phenoxy) is 1. The molecule has 0 bridgehead atoms. The van der Waals surface area contributed by atoms with Gasteiger partial charge in [0.25, 0.3) is 0 Å². The molecule has 0 spiro atoms. The number of likely N-dealkylation sites (tertiary alicyclic amines) is 1. The summed E-state index contributed by atoms with van der Waals surface area (Å²) in [5.74, 6) is 1.38. The molecule has 152 valence electrons. The zero-order valence-corrected chi connectivity index (χ0v) is 18.0. The van der Waals surface area contributed by atoms with Crippen LogP contribution < -0.4 is 4.90 Å². The molecule has 1 fully saturated rings. The van der Waals surface area contributed by atoms with Gasteiger partial charge < -0.3 is 4.74 Å². The SMILES string of the molecule is CCCCN(C(=O)OC(C)(C)C)c1ncccc1C1CCCN1CC(C)C. The smallest absolute Gasteiger partial charge is 0.416 e. The molecule has 27 heavy (non-hydrogen) atoms. The monoisotopic (exact) mass is 375 g/mol. The van der Waals surface area contributed by atoms with E-state index in [0.717, 1.165) is 43.7 Å². The number of carbonyl (C=O) groups is 1. The van der Waals surface area contributed by atoms with Crippen molar-refractivity contribution in [2.45, 2.75) is 78.9 Å². The zero-order valence-electron chi connectivity index (χ0n) is 18.0. The molecule has 1 aromatic heterocycles. The molecule has 0 aromatic carbocycles. The lowest BCUT2D eigenvalue weighted by molar-refractivity contribution is 0.0578. The second-order valence-electron chi connectivity index (χ2n) is 8.95. The van der Waals surface area contributed by atoms with Crippen molar-refractivity contribution in [3.63, 3.8) is 0 Å². The molecule has 2 heterocycles. The standard InChI is InChI=1S/C22H37N3O2/c1-7-8-15-25(21(26)27-22(4,5)6)20-18(11-9-13-23-20)19-12-10-14-24(19)16-17(2)3/h9,11,13,17,19H,7-8,10,12,14-16H2,1-6H3. The van der Waals surface area contributed by atoms with Gasteiger partial charge in [0.15, 0.2) is 0 Å². The van der Waals surface area contributed by atoms with E-state index >= 15 is 0 Å². The number of hydrogen-bond acceptors (Lipinski definition) is 4. The number of carbonyl (C=O) groups excluding carboxylic acids is 1. The number of nitrogens with zero attached hydrogens (tertiary/aromatic N) is 3. The van der Waals surface area contributed by atoms with Gasteiger partial charge in [0.2, 0.25) is 0 Å². The first-order chi connectivity index (χ1) is 12.7. The Labute approximate surface area is 165 Å². The zero-order chi connectivity index (χ0) is 20.0. The van der Waals surface area contributed by atoms with Crippen LogP contribution in [0.3, 0.4) is 0 Å². The molecule has 1 amide bonds. The maximum Gasteiger partial charge on any atom is 0.416 e. The van der Waals surface area contributed by atoms with Crippen LogP contribution in [0.25, 0.3) is 0 Å². The van der Waals surface area contributed by atoms with Crippen LogP contribution in [0, 0.1) is 5.92 Å². The minimum Gasteiger partial charge on any atom is -0.443 e. The summed E-state index contributed by atoms with van der Waals surface area (Å²) in [5, 5.41) is 0. The fourth-order valence-electron chi connectivity index (χ4n) is 3.68. The molecule has 1 aliphatic heterocycles. The molecule has 5 nitrogen and oxygen atoms in total. The van der Waals surface area contributed by atoms with Crippen molar-refractivity contribution in [3.8, 4) is 0 Å². The Bertz CT molecular complexity index is 610. The average molecular weight is 376 g/mol. The molecule has 1 unspecified atom stereocenters. The van der Waals surface area contributed by atoms with E-state index in [2.05, 4.69) is 36.7 Å². The second-order valence-corrected chi connectivity index (χ2v) is 8.95. The van der Waals surface area contributed by atoms with Crippen LogP contribution in [0.1, 0.15) is 78.8 Å². The van der Waals surface area contributed by atoms with Crippen molar-refractivity contribution in [3.05, 3.63) is 23.9 Å². The molecule has 5 heteroatoms. The van der Waals surface area contributed by atoms with Crippen molar-refractivity contribution < 1.29 is 9.53 Å². The maximum absolute atomic E-state index is 12.9. The molecule has 1 aliphatic rings. The van der Waals surface area contributed by atoms with Crippen LogP contribution in [-0.2, 0) is 4.74 Å². The highest BCUT2D eigenvalue weighted by Gasteiger charge is 2.32. The van der Waals surface area contributed by atoms with Crippen LogP contribution in [-0.4, -0.2) is 41.2 Å². The summed E-state index contributed by atoms with van der Waals surface area (Å²) in [4.78, 5) is 21.9. The predicted octanol–water partition coefficient (Wildman–Crippen LogP) is 5.42. The van der Waals surface area contributed by atoms with Gasteiger partial charge in [-0.05, 0) is 58.6 Å². The van der Waals surface area contributed by atoms with Crippen LogP contribution >= 0.6 is 0 Å². The minimum absolute atomic E-state index is 0.302. The number of rotatable bonds is 7. The highest BCUT2D eigenvalue weighted by atomic mass is 16.6. The minimum atomic E-state index is -0.520. The summed E-state index contributed by atoms with van der Waals surface area (Å²) in [6, 6.07) is 4.44. The first-order valence-electron chi connectivity index (χ1n) is 10.4. The van der Waals surface area contributed by atoms with Crippen molar-refractivity contribution in [1.29, 1.82) is 0 Å². The number of pyridine rings is 1. The lowest BCUT2D eigenvalue weighted by atomic mass is 10.0. The maximum atomic E-state index is 12.9. The van der Waals surface area contributed by atoms with Gasteiger partial charge in [-0.15, -0.1) is 0 Å². The van der Waals surface area contributed by atoms with Gasteiger partial charge in [0, 0.05) is 30.9 Å². The van der Waals surface area contributed by atoms with Crippen LogP contribution in [0.4, 0.5) is 10.6 Å². The predicted molar refractivity (Wildman–Crippen MR) is 111 cm³/mol. The number of unbranched alkanes of at least 4 members (excludes halogenated alkanes) is 1. The quantitative estimate of drug-likeness (QED) is 0.639. The summed E-state index contributed by atoms with van der Waals surface area (Å²) < 4.78 is 5.69. The highest BCUT2D eigenvalue weighted by Crippen LogP contribution is 2.37. The lowest BCUT2D eigenvalue weighted by Gasteiger charge is -2.31. The summed E-state index contributed by atoms with van der Waals surface area (Å²) in [6.45, 7) is 15.2. The molecule has 2 rings (SSSR count). The molecule has 0 aliphatic carbocycles. The number of aromatic nitrogens is 1. The van der Waals surface area contributed by atoms with Gasteiger partial charge >= 0.3 is 6.09 Å². The van der Waals surface area contributed by atoms with E-state index in [1.807, 2.05) is 26.8 Å². The Morgan fingerprint density at radius 3 is 2.78 bits per heavy atom. The second kappa shape index (κ2) is 9.54. The topological polar surface area (TPSA) is 45.7 Å². The van der Waals surface area contributed by atoms with E-state index in [-0.39, 0.29) is 6.09 Å². The third kappa shape index (κ3) is 6.20. The first-order valence-corrected chi connectivity index (χ1v) is 10.4. The molecular formula is C22H37N3O2. The number of hydrogen-bond donors (Lipinski definition) is 0. The van der Waals surface area contributed by atoms with E-state index in [1.165, 1.54) is 6.42 Å². The molecule has 0 radical (unpaired) electrons. The molecule has 0 saturated carbocycles. The van der Waals surface area contributed by atoms with E-state index in [0.29, 0.717) is 18.5 Å². The Hall–Kier alpha value is -1.62. The Balaban J connectivity index is 2.34. The Kier molecular flexibility index (Phi) is 7.66. The normalized spacial score (nSPS) is 18.1. The van der Waals surface area contributed by atoms with Gasteiger partial charge in [-0.1, -0.05) is 33.3 Å². The highest BCUT2D eigenvalue weighted by molar-refractivity contribution is 5.87. The van der Waals surface area contributed by atoms with Gasteiger partial charge in [-0.2, -0.15) is 0 Å². The largest absolute Gasteiger partial charge is 0.443 e. The summed E-state index contributed by atoms with van der Waals surface area (Å²) in [7, 11) is 0. The summed E-state index contributed by atoms with van der Waals surface area (Å²) in [5.41, 5.74) is 0.630.